The zero-order chi connectivity index (χ0) is 15.7. The number of nitrogens with two attached hydrogens (primary N) is 1. The lowest BCUT2D eigenvalue weighted by Crippen LogP contribution is -2.47. The fourth-order valence-corrected chi connectivity index (χ4v) is 2.83. The molecule has 0 bridgehead atoms. The van der Waals surface area contributed by atoms with Crippen LogP contribution in [0.4, 0.5) is 5.69 Å². The molecule has 1 heterocycles. The molecule has 0 aliphatic carbocycles. The average molecular weight is 296 g/mol. The van der Waals surface area contributed by atoms with Crippen molar-refractivity contribution in [3.8, 4) is 11.5 Å². The van der Waals surface area contributed by atoms with Gasteiger partial charge in [-0.2, -0.15) is 0 Å². The number of para-hydroxylation sites is 1. The maximum absolute atomic E-state index is 12.1. The summed E-state index contributed by atoms with van der Waals surface area (Å²) in [7, 11) is 1.75. The van der Waals surface area contributed by atoms with E-state index in [1.807, 2.05) is 36.4 Å². The van der Waals surface area contributed by atoms with Gasteiger partial charge in [0.2, 0.25) is 5.91 Å². The SMILES string of the molecule is CCc1cccc(Oc2cccc3c2N(C)C(=O)[C@H](N)C3)c1. The van der Waals surface area contributed by atoms with E-state index in [0.29, 0.717) is 12.2 Å². The van der Waals surface area contributed by atoms with Crippen LogP contribution in [0.25, 0.3) is 0 Å². The first kappa shape index (κ1) is 14.6. The third-order valence-electron chi connectivity index (χ3n) is 4.04. The second-order valence-electron chi connectivity index (χ2n) is 5.57. The molecule has 0 unspecified atom stereocenters. The highest BCUT2D eigenvalue weighted by Gasteiger charge is 2.30. The smallest absolute Gasteiger partial charge is 0.244 e. The van der Waals surface area contributed by atoms with E-state index < -0.39 is 6.04 Å². The average Bonchev–Trinajstić information content (AvgIpc) is 2.53. The monoisotopic (exact) mass is 296 g/mol. The Morgan fingerprint density at radius 3 is 2.82 bits per heavy atom. The molecule has 114 valence electrons. The molecule has 2 aromatic rings. The summed E-state index contributed by atoms with van der Waals surface area (Å²) in [6.07, 6.45) is 1.50. The molecule has 0 radical (unpaired) electrons. The Morgan fingerprint density at radius 2 is 2.05 bits per heavy atom. The van der Waals surface area contributed by atoms with E-state index in [2.05, 4.69) is 13.0 Å². The second kappa shape index (κ2) is 5.81. The van der Waals surface area contributed by atoms with Gasteiger partial charge in [0.25, 0.3) is 0 Å². The van der Waals surface area contributed by atoms with Crippen molar-refractivity contribution in [3.05, 3.63) is 53.6 Å². The third-order valence-corrected chi connectivity index (χ3v) is 4.04. The number of anilines is 1. The van der Waals surface area contributed by atoms with Crippen LogP contribution >= 0.6 is 0 Å². The van der Waals surface area contributed by atoms with Gasteiger partial charge in [-0.25, -0.2) is 0 Å². The molecule has 0 saturated carbocycles. The molecular weight excluding hydrogens is 276 g/mol. The Balaban J connectivity index is 1.99. The maximum atomic E-state index is 12.1. The van der Waals surface area contributed by atoms with Crippen molar-refractivity contribution in [2.24, 2.45) is 5.73 Å². The number of carbonyl (C=O) groups is 1. The van der Waals surface area contributed by atoms with Gasteiger partial charge in [-0.3, -0.25) is 4.79 Å². The highest BCUT2D eigenvalue weighted by molar-refractivity contribution is 6.01. The summed E-state index contributed by atoms with van der Waals surface area (Å²) in [5.41, 5.74) is 8.96. The molecule has 0 aromatic heterocycles. The molecule has 0 fully saturated rings. The van der Waals surface area contributed by atoms with E-state index in [4.69, 9.17) is 10.5 Å². The van der Waals surface area contributed by atoms with Gasteiger partial charge in [0, 0.05) is 7.05 Å². The first-order valence-corrected chi connectivity index (χ1v) is 7.52. The molecule has 1 aliphatic heterocycles. The number of nitrogens with zero attached hydrogens (tertiary/aromatic N) is 1. The molecule has 3 rings (SSSR count). The number of aryl methyl sites for hydroxylation is 1. The van der Waals surface area contributed by atoms with Gasteiger partial charge < -0.3 is 15.4 Å². The molecule has 4 nitrogen and oxygen atoms in total. The van der Waals surface area contributed by atoms with Gasteiger partial charge in [-0.1, -0.05) is 31.2 Å². The van der Waals surface area contributed by atoms with Gasteiger partial charge in [0.1, 0.15) is 5.75 Å². The van der Waals surface area contributed by atoms with Crippen molar-refractivity contribution >= 4 is 11.6 Å². The van der Waals surface area contributed by atoms with Gasteiger partial charge in [-0.15, -0.1) is 0 Å². The van der Waals surface area contributed by atoms with E-state index >= 15 is 0 Å². The van der Waals surface area contributed by atoms with Gasteiger partial charge in [0.05, 0.1) is 11.7 Å². The highest BCUT2D eigenvalue weighted by atomic mass is 16.5. The number of hydrogen-bond donors (Lipinski definition) is 1. The lowest BCUT2D eigenvalue weighted by molar-refractivity contribution is -0.119. The van der Waals surface area contributed by atoms with Crippen LogP contribution in [0.1, 0.15) is 18.1 Å². The second-order valence-corrected chi connectivity index (χ2v) is 5.57. The predicted octanol–water partition coefficient (Wildman–Crippen LogP) is 2.89. The van der Waals surface area contributed by atoms with Gasteiger partial charge >= 0.3 is 0 Å². The molecule has 22 heavy (non-hydrogen) atoms. The predicted molar refractivity (Wildman–Crippen MR) is 87.4 cm³/mol. The summed E-state index contributed by atoms with van der Waals surface area (Å²) in [6, 6.07) is 13.3. The number of fused-ring (bicyclic) bond motifs is 1. The lowest BCUT2D eigenvalue weighted by Gasteiger charge is -2.31. The summed E-state index contributed by atoms with van der Waals surface area (Å²) in [5.74, 6) is 1.39. The third kappa shape index (κ3) is 2.57. The van der Waals surface area contributed by atoms with Crippen molar-refractivity contribution in [1.82, 2.24) is 0 Å². The van der Waals surface area contributed by atoms with Gasteiger partial charge in [-0.05, 0) is 42.2 Å². The van der Waals surface area contributed by atoms with Crippen LogP contribution in [-0.2, 0) is 17.6 Å². The molecule has 0 saturated heterocycles. The Morgan fingerprint density at radius 1 is 1.27 bits per heavy atom. The summed E-state index contributed by atoms with van der Waals surface area (Å²) >= 11 is 0. The quantitative estimate of drug-likeness (QED) is 0.947. The topological polar surface area (TPSA) is 55.6 Å². The number of benzene rings is 2. The normalized spacial score (nSPS) is 17.3. The van der Waals surface area contributed by atoms with Crippen molar-refractivity contribution in [3.63, 3.8) is 0 Å². The minimum Gasteiger partial charge on any atom is -0.455 e. The Labute approximate surface area is 130 Å². The fraction of sp³-hybridized carbons (Fsp3) is 0.278. The maximum Gasteiger partial charge on any atom is 0.244 e. The molecular formula is C18H20N2O2. The molecule has 1 aliphatic rings. The summed E-state index contributed by atoms with van der Waals surface area (Å²) in [5, 5.41) is 0. The standard InChI is InChI=1S/C18H20N2O2/c1-3-12-6-4-8-14(10-12)22-16-9-5-7-13-11-15(19)18(21)20(2)17(13)16/h4-10,15H,3,11,19H2,1-2H3/t15-/m1/s1. The van der Waals surface area contributed by atoms with Crippen LogP contribution in [-0.4, -0.2) is 19.0 Å². The first-order chi connectivity index (χ1) is 10.6. The number of amides is 1. The first-order valence-electron chi connectivity index (χ1n) is 7.52. The van der Waals surface area contributed by atoms with Crippen LogP contribution < -0.4 is 15.4 Å². The van der Waals surface area contributed by atoms with Gasteiger partial charge in [0.15, 0.2) is 5.75 Å². The summed E-state index contributed by atoms with van der Waals surface area (Å²) < 4.78 is 6.04. The minimum atomic E-state index is -0.476. The Bertz CT molecular complexity index is 712. The number of hydrogen-bond acceptors (Lipinski definition) is 3. The van der Waals surface area contributed by atoms with Crippen LogP contribution in [0.5, 0.6) is 11.5 Å². The van der Waals surface area contributed by atoms with Crippen LogP contribution in [0.15, 0.2) is 42.5 Å². The number of likely N-dealkylation sites (N-methyl/N-ethyl adjacent to an activating group) is 1. The summed E-state index contributed by atoms with van der Waals surface area (Å²) in [6.45, 7) is 2.11. The number of rotatable bonds is 3. The highest BCUT2D eigenvalue weighted by Crippen LogP contribution is 2.38. The van der Waals surface area contributed by atoms with E-state index in [9.17, 15) is 4.79 Å². The van der Waals surface area contributed by atoms with Crippen molar-refractivity contribution in [2.45, 2.75) is 25.8 Å². The van der Waals surface area contributed by atoms with Crippen molar-refractivity contribution in [1.29, 1.82) is 0 Å². The summed E-state index contributed by atoms with van der Waals surface area (Å²) in [4.78, 5) is 13.7. The van der Waals surface area contributed by atoms with Crippen LogP contribution in [0.3, 0.4) is 0 Å². The Hall–Kier alpha value is -2.33. The van der Waals surface area contributed by atoms with Crippen molar-refractivity contribution < 1.29 is 9.53 Å². The van der Waals surface area contributed by atoms with Crippen molar-refractivity contribution in [2.75, 3.05) is 11.9 Å². The van der Waals surface area contributed by atoms with Crippen LogP contribution in [0, 0.1) is 0 Å². The lowest BCUT2D eigenvalue weighted by atomic mass is 9.97. The Kier molecular flexibility index (Phi) is 3.86. The van der Waals surface area contributed by atoms with E-state index in [1.165, 1.54) is 5.56 Å². The fourth-order valence-electron chi connectivity index (χ4n) is 2.83. The zero-order valence-corrected chi connectivity index (χ0v) is 12.9. The molecule has 4 heteroatoms. The molecule has 1 amide bonds. The molecule has 2 aromatic carbocycles. The molecule has 1 atom stereocenters. The zero-order valence-electron chi connectivity index (χ0n) is 12.9. The number of ether oxygens (including phenoxy) is 1. The largest absolute Gasteiger partial charge is 0.455 e. The minimum absolute atomic E-state index is 0.0779. The molecule has 0 spiro atoms. The van der Waals surface area contributed by atoms with E-state index in [0.717, 1.165) is 23.4 Å². The van der Waals surface area contributed by atoms with E-state index in [1.54, 1.807) is 11.9 Å². The van der Waals surface area contributed by atoms with Crippen LogP contribution in [0.2, 0.25) is 0 Å². The number of carbonyl (C=O) groups excluding carboxylic acids is 1. The van der Waals surface area contributed by atoms with E-state index in [-0.39, 0.29) is 5.91 Å². The molecule has 2 N–H and O–H groups in total.